The first-order valence-electron chi connectivity index (χ1n) is 4.89. The molecule has 0 aliphatic heterocycles. The molecule has 1 atom stereocenters. The first kappa shape index (κ1) is 10.8. The molecular weight excluding hydrogens is 170 g/mol. The molecule has 1 nitrogen and oxygen atoms in total. The Bertz CT molecular complexity index is 347. The summed E-state index contributed by atoms with van der Waals surface area (Å²) in [6, 6.07) is 6.62. The van der Waals surface area contributed by atoms with Crippen LogP contribution in [0.1, 0.15) is 23.6 Å². The normalized spacial score (nSPS) is 12.1. The molecule has 1 N–H and O–H groups in total. The molecule has 0 bridgehead atoms. The second kappa shape index (κ2) is 4.83. The van der Waals surface area contributed by atoms with Crippen molar-refractivity contribution in [2.75, 3.05) is 0 Å². The summed E-state index contributed by atoms with van der Waals surface area (Å²) in [6.45, 7) is 7.08. The molecule has 1 aromatic rings. The Morgan fingerprint density at radius 2 is 2.07 bits per heavy atom. The highest BCUT2D eigenvalue weighted by Crippen LogP contribution is 2.09. The Kier molecular flexibility index (Phi) is 3.73. The summed E-state index contributed by atoms with van der Waals surface area (Å²) in [5.74, 6) is 2.65. The van der Waals surface area contributed by atoms with Crippen molar-refractivity contribution in [3.63, 3.8) is 0 Å². The lowest BCUT2D eigenvalue weighted by Gasteiger charge is -2.09. The maximum atomic E-state index is 5.28. The van der Waals surface area contributed by atoms with Crippen LogP contribution in [0, 0.1) is 26.2 Å². The average molecular weight is 187 g/mol. The van der Waals surface area contributed by atoms with E-state index in [1.807, 2.05) is 6.92 Å². The van der Waals surface area contributed by atoms with Crippen molar-refractivity contribution < 1.29 is 0 Å². The molecule has 0 saturated heterocycles. The van der Waals surface area contributed by atoms with Crippen molar-refractivity contribution in [2.24, 2.45) is 0 Å². The van der Waals surface area contributed by atoms with E-state index < -0.39 is 0 Å². The molecule has 0 heterocycles. The van der Waals surface area contributed by atoms with Gasteiger partial charge in [0.25, 0.3) is 0 Å². The lowest BCUT2D eigenvalue weighted by molar-refractivity contribution is 0.648. The third-order valence-electron chi connectivity index (χ3n) is 2.43. The van der Waals surface area contributed by atoms with Gasteiger partial charge in [-0.1, -0.05) is 24.1 Å². The van der Waals surface area contributed by atoms with Crippen molar-refractivity contribution >= 4 is 0 Å². The third-order valence-corrected chi connectivity index (χ3v) is 2.43. The molecule has 14 heavy (non-hydrogen) atoms. The van der Waals surface area contributed by atoms with E-state index in [1.165, 1.54) is 16.7 Å². The number of hydrogen-bond donors (Lipinski definition) is 1. The molecule has 0 aromatic heterocycles. The van der Waals surface area contributed by atoms with Crippen LogP contribution >= 0.6 is 0 Å². The number of benzene rings is 1. The van der Waals surface area contributed by atoms with Gasteiger partial charge in [0.2, 0.25) is 0 Å². The molecule has 1 aromatic carbocycles. The number of aryl methyl sites for hydroxylation is 2. The molecule has 0 radical (unpaired) electrons. The van der Waals surface area contributed by atoms with E-state index in [0.717, 1.165) is 6.54 Å². The van der Waals surface area contributed by atoms with Crippen LogP contribution in [-0.2, 0) is 6.54 Å². The van der Waals surface area contributed by atoms with Crippen molar-refractivity contribution in [1.82, 2.24) is 5.32 Å². The maximum absolute atomic E-state index is 5.28. The first-order chi connectivity index (χ1) is 6.63. The van der Waals surface area contributed by atoms with Crippen LogP contribution in [0.15, 0.2) is 18.2 Å². The number of terminal acetylenes is 1. The maximum Gasteiger partial charge on any atom is 0.0660 e. The fraction of sp³-hybridized carbons (Fsp3) is 0.385. The Labute approximate surface area is 86.5 Å². The SMILES string of the molecule is C#CC(C)NCc1ccc(C)c(C)c1. The molecule has 1 unspecified atom stereocenters. The first-order valence-corrected chi connectivity index (χ1v) is 4.89. The lowest BCUT2D eigenvalue weighted by atomic mass is 10.1. The minimum absolute atomic E-state index is 0.136. The zero-order chi connectivity index (χ0) is 10.6. The van der Waals surface area contributed by atoms with Crippen molar-refractivity contribution in [1.29, 1.82) is 0 Å². The van der Waals surface area contributed by atoms with E-state index in [2.05, 4.69) is 43.3 Å². The van der Waals surface area contributed by atoms with Crippen LogP contribution in [0.25, 0.3) is 0 Å². The number of nitrogens with one attached hydrogen (secondary N) is 1. The Morgan fingerprint density at radius 3 is 2.64 bits per heavy atom. The molecule has 0 saturated carbocycles. The van der Waals surface area contributed by atoms with Crippen LogP contribution in [0.4, 0.5) is 0 Å². The average Bonchev–Trinajstić information content (AvgIpc) is 2.19. The fourth-order valence-corrected chi connectivity index (χ4v) is 1.24. The molecule has 0 aliphatic carbocycles. The van der Waals surface area contributed by atoms with Gasteiger partial charge in [-0.2, -0.15) is 0 Å². The van der Waals surface area contributed by atoms with Gasteiger partial charge in [-0.3, -0.25) is 5.32 Å². The van der Waals surface area contributed by atoms with E-state index in [9.17, 15) is 0 Å². The quantitative estimate of drug-likeness (QED) is 0.717. The Morgan fingerprint density at radius 1 is 1.36 bits per heavy atom. The summed E-state index contributed by atoms with van der Waals surface area (Å²) in [6.07, 6.45) is 5.28. The summed E-state index contributed by atoms with van der Waals surface area (Å²) < 4.78 is 0. The number of hydrogen-bond acceptors (Lipinski definition) is 1. The molecule has 1 rings (SSSR count). The molecule has 0 spiro atoms. The van der Waals surface area contributed by atoms with Gasteiger partial charge >= 0.3 is 0 Å². The predicted octanol–water partition coefficient (Wildman–Crippen LogP) is 2.41. The zero-order valence-corrected chi connectivity index (χ0v) is 9.09. The molecule has 0 fully saturated rings. The highest BCUT2D eigenvalue weighted by molar-refractivity contribution is 5.29. The number of rotatable bonds is 3. The van der Waals surface area contributed by atoms with Crippen LogP contribution in [0.3, 0.4) is 0 Å². The van der Waals surface area contributed by atoms with Crippen LogP contribution in [-0.4, -0.2) is 6.04 Å². The van der Waals surface area contributed by atoms with Gasteiger partial charge in [0.05, 0.1) is 6.04 Å². The summed E-state index contributed by atoms with van der Waals surface area (Å²) >= 11 is 0. The van der Waals surface area contributed by atoms with Gasteiger partial charge in [0.15, 0.2) is 0 Å². The Balaban J connectivity index is 2.61. The second-order valence-corrected chi connectivity index (χ2v) is 3.69. The van der Waals surface area contributed by atoms with E-state index in [0.29, 0.717) is 0 Å². The van der Waals surface area contributed by atoms with Crippen molar-refractivity contribution in [2.45, 2.75) is 33.4 Å². The lowest BCUT2D eigenvalue weighted by Crippen LogP contribution is -2.23. The standard InChI is InChI=1S/C13H17N/c1-5-12(4)14-9-13-7-6-10(2)11(3)8-13/h1,6-8,12,14H,9H2,2-4H3. The summed E-state index contributed by atoms with van der Waals surface area (Å²) in [5, 5.41) is 3.26. The smallest absolute Gasteiger partial charge is 0.0660 e. The van der Waals surface area contributed by atoms with Gasteiger partial charge in [-0.15, -0.1) is 6.42 Å². The Hall–Kier alpha value is -1.26. The van der Waals surface area contributed by atoms with Crippen LogP contribution < -0.4 is 5.32 Å². The van der Waals surface area contributed by atoms with Crippen LogP contribution in [0.5, 0.6) is 0 Å². The van der Waals surface area contributed by atoms with E-state index in [1.54, 1.807) is 0 Å². The van der Waals surface area contributed by atoms with Gasteiger partial charge in [0, 0.05) is 6.54 Å². The molecule has 0 aliphatic rings. The van der Waals surface area contributed by atoms with Gasteiger partial charge < -0.3 is 0 Å². The second-order valence-electron chi connectivity index (χ2n) is 3.69. The topological polar surface area (TPSA) is 12.0 Å². The monoisotopic (exact) mass is 187 g/mol. The molecular formula is C13H17N. The minimum atomic E-state index is 0.136. The summed E-state index contributed by atoms with van der Waals surface area (Å²) in [4.78, 5) is 0. The summed E-state index contributed by atoms with van der Waals surface area (Å²) in [7, 11) is 0. The fourth-order valence-electron chi connectivity index (χ4n) is 1.24. The van der Waals surface area contributed by atoms with Gasteiger partial charge in [0.1, 0.15) is 0 Å². The van der Waals surface area contributed by atoms with Gasteiger partial charge in [-0.25, -0.2) is 0 Å². The molecule has 1 heteroatoms. The molecule has 74 valence electrons. The van der Waals surface area contributed by atoms with Gasteiger partial charge in [-0.05, 0) is 37.5 Å². The molecule has 0 amide bonds. The summed E-state index contributed by atoms with van der Waals surface area (Å²) in [5.41, 5.74) is 3.95. The van der Waals surface area contributed by atoms with E-state index in [4.69, 9.17) is 6.42 Å². The van der Waals surface area contributed by atoms with Crippen molar-refractivity contribution in [3.8, 4) is 12.3 Å². The highest BCUT2D eigenvalue weighted by atomic mass is 14.9. The third kappa shape index (κ3) is 2.90. The largest absolute Gasteiger partial charge is 0.300 e. The van der Waals surface area contributed by atoms with Crippen LogP contribution in [0.2, 0.25) is 0 Å². The predicted molar refractivity (Wildman–Crippen MR) is 61.1 cm³/mol. The zero-order valence-electron chi connectivity index (χ0n) is 9.09. The van der Waals surface area contributed by atoms with E-state index >= 15 is 0 Å². The minimum Gasteiger partial charge on any atom is -0.300 e. The van der Waals surface area contributed by atoms with Crippen molar-refractivity contribution in [3.05, 3.63) is 34.9 Å². The highest BCUT2D eigenvalue weighted by Gasteiger charge is 1.98. The van der Waals surface area contributed by atoms with E-state index in [-0.39, 0.29) is 6.04 Å².